The van der Waals surface area contributed by atoms with Crippen LogP contribution < -0.4 is 10.6 Å². The molecule has 0 aliphatic rings. The summed E-state index contributed by atoms with van der Waals surface area (Å²) in [5.41, 5.74) is 0.122. The first-order chi connectivity index (χ1) is 9.52. The van der Waals surface area contributed by atoms with Gasteiger partial charge in [0.15, 0.2) is 0 Å². The van der Waals surface area contributed by atoms with Crippen molar-refractivity contribution in [3.05, 3.63) is 36.4 Å². The molecule has 0 heterocycles. The van der Waals surface area contributed by atoms with Crippen molar-refractivity contribution < 1.29 is 24.5 Å². The molecule has 1 aromatic carbocycles. The predicted octanol–water partition coefficient (Wildman–Crippen LogP) is 0.740. The average Bonchev–Trinajstić information content (AvgIpc) is 2.40. The maximum atomic E-state index is 11.7. The molecular formula is C13H16N2O5. The molecule has 7 nitrogen and oxygen atoms in total. The minimum atomic E-state index is -0.603. The van der Waals surface area contributed by atoms with Gasteiger partial charge in [-0.25, -0.2) is 4.79 Å². The summed E-state index contributed by atoms with van der Waals surface area (Å²) < 4.78 is 4.67. The van der Waals surface area contributed by atoms with Crippen molar-refractivity contribution >= 4 is 12.0 Å². The molecule has 20 heavy (non-hydrogen) atoms. The summed E-state index contributed by atoms with van der Waals surface area (Å²) >= 11 is 0. The summed E-state index contributed by atoms with van der Waals surface area (Å²) in [5, 5.41) is 23.4. The summed E-state index contributed by atoms with van der Waals surface area (Å²) in [6.45, 7) is 3.88. The number of hydrogen-bond acceptors (Lipinski definition) is 5. The first kappa shape index (κ1) is 15.4. The third kappa shape index (κ3) is 5.30. The molecule has 0 aliphatic heterocycles. The second kappa shape index (κ2) is 7.67. The molecule has 0 bridgehead atoms. The van der Waals surface area contributed by atoms with E-state index in [-0.39, 0.29) is 36.8 Å². The number of hydrogen-bond donors (Lipinski definition) is 4. The summed E-state index contributed by atoms with van der Waals surface area (Å²) in [6.07, 6.45) is 0.838. The van der Waals surface area contributed by atoms with E-state index in [9.17, 15) is 19.8 Å². The maximum Gasteiger partial charge on any atom is 0.407 e. The Kier molecular flexibility index (Phi) is 5.89. The van der Waals surface area contributed by atoms with E-state index in [2.05, 4.69) is 21.9 Å². The molecular weight excluding hydrogens is 264 g/mol. The summed E-state index contributed by atoms with van der Waals surface area (Å²) in [4.78, 5) is 22.7. The van der Waals surface area contributed by atoms with Crippen LogP contribution in [-0.4, -0.2) is 41.9 Å². The topological polar surface area (TPSA) is 108 Å². The fourth-order valence-electron chi connectivity index (χ4n) is 1.35. The normalized spacial score (nSPS) is 9.60. The number of ether oxygens (including phenoxy) is 1. The number of nitrogens with one attached hydrogen (secondary N) is 2. The highest BCUT2D eigenvalue weighted by Crippen LogP contribution is 2.19. The quantitative estimate of drug-likeness (QED) is 0.454. The second-order valence-electron chi connectivity index (χ2n) is 3.81. The number of alkyl carbamates (subject to hydrolysis) is 1. The van der Waals surface area contributed by atoms with Crippen molar-refractivity contribution in [2.24, 2.45) is 0 Å². The van der Waals surface area contributed by atoms with Crippen LogP contribution in [0.2, 0.25) is 0 Å². The number of rotatable bonds is 6. The highest BCUT2D eigenvalue weighted by atomic mass is 16.5. The van der Waals surface area contributed by atoms with E-state index < -0.39 is 12.0 Å². The van der Waals surface area contributed by atoms with Crippen molar-refractivity contribution in [3.63, 3.8) is 0 Å². The van der Waals surface area contributed by atoms with Gasteiger partial charge in [-0.15, -0.1) is 0 Å². The monoisotopic (exact) mass is 280 g/mol. The van der Waals surface area contributed by atoms with Crippen molar-refractivity contribution in [1.82, 2.24) is 10.6 Å². The Morgan fingerprint density at radius 2 is 1.75 bits per heavy atom. The zero-order valence-corrected chi connectivity index (χ0v) is 10.8. The van der Waals surface area contributed by atoms with Crippen LogP contribution in [0.5, 0.6) is 11.5 Å². The molecule has 0 aromatic heterocycles. The Balaban J connectivity index is 2.33. The van der Waals surface area contributed by atoms with Gasteiger partial charge in [0.05, 0.1) is 0 Å². The Morgan fingerprint density at radius 3 is 2.35 bits per heavy atom. The number of carbonyl (C=O) groups is 2. The zero-order chi connectivity index (χ0) is 15.0. The van der Waals surface area contributed by atoms with Crippen LogP contribution in [0.15, 0.2) is 30.9 Å². The zero-order valence-electron chi connectivity index (χ0n) is 10.8. The lowest BCUT2D eigenvalue weighted by Gasteiger charge is -2.07. The molecule has 0 unspecified atom stereocenters. The van der Waals surface area contributed by atoms with Gasteiger partial charge >= 0.3 is 6.09 Å². The predicted molar refractivity (Wildman–Crippen MR) is 71.7 cm³/mol. The molecule has 4 N–H and O–H groups in total. The SMILES string of the molecule is C=CCOC(=O)NCCNC(=O)c1cc(O)cc(O)c1. The van der Waals surface area contributed by atoms with E-state index in [4.69, 9.17) is 0 Å². The second-order valence-corrected chi connectivity index (χ2v) is 3.81. The summed E-state index contributed by atoms with van der Waals surface area (Å²) in [5.74, 6) is -0.889. The standard InChI is InChI=1S/C13H16N2O5/c1-2-5-20-13(19)15-4-3-14-12(18)9-6-10(16)8-11(17)7-9/h2,6-8,16-17H,1,3-5H2,(H,14,18)(H,15,19). The fourth-order valence-corrected chi connectivity index (χ4v) is 1.35. The van der Waals surface area contributed by atoms with Gasteiger partial charge in [0, 0.05) is 24.7 Å². The number of aromatic hydroxyl groups is 2. The molecule has 0 aliphatic carbocycles. The third-order valence-electron chi connectivity index (χ3n) is 2.18. The molecule has 108 valence electrons. The molecule has 0 saturated heterocycles. The highest BCUT2D eigenvalue weighted by molar-refractivity contribution is 5.95. The molecule has 0 fully saturated rings. The van der Waals surface area contributed by atoms with Crippen molar-refractivity contribution in [3.8, 4) is 11.5 Å². The molecule has 0 spiro atoms. The number of amides is 2. The van der Waals surface area contributed by atoms with Crippen molar-refractivity contribution in [1.29, 1.82) is 0 Å². The van der Waals surface area contributed by atoms with Crippen LogP contribution in [0.25, 0.3) is 0 Å². The summed E-state index contributed by atoms with van der Waals surface area (Å²) in [7, 11) is 0. The molecule has 0 saturated carbocycles. The van der Waals surface area contributed by atoms with Gasteiger partial charge in [-0.05, 0) is 12.1 Å². The molecule has 0 radical (unpaired) electrons. The first-order valence-electron chi connectivity index (χ1n) is 5.85. The van der Waals surface area contributed by atoms with E-state index in [0.717, 1.165) is 6.07 Å². The van der Waals surface area contributed by atoms with E-state index in [1.807, 2.05) is 0 Å². The highest BCUT2D eigenvalue weighted by Gasteiger charge is 2.08. The van der Waals surface area contributed by atoms with Gasteiger partial charge in [0.2, 0.25) is 0 Å². The van der Waals surface area contributed by atoms with Crippen LogP contribution in [0.4, 0.5) is 4.79 Å². The van der Waals surface area contributed by atoms with Crippen LogP contribution in [-0.2, 0) is 4.74 Å². The lowest BCUT2D eigenvalue weighted by Crippen LogP contribution is -2.35. The van der Waals surface area contributed by atoms with Crippen LogP contribution in [0.1, 0.15) is 10.4 Å². The maximum absolute atomic E-state index is 11.7. The van der Waals surface area contributed by atoms with E-state index in [1.54, 1.807) is 0 Å². The first-order valence-corrected chi connectivity index (χ1v) is 5.85. The number of benzene rings is 1. The van der Waals surface area contributed by atoms with E-state index >= 15 is 0 Å². The average molecular weight is 280 g/mol. The number of carbonyl (C=O) groups excluding carboxylic acids is 2. The Bertz CT molecular complexity index is 481. The fraction of sp³-hybridized carbons (Fsp3) is 0.231. The minimum absolute atomic E-state index is 0.112. The smallest absolute Gasteiger partial charge is 0.407 e. The molecule has 0 atom stereocenters. The molecule has 1 rings (SSSR count). The van der Waals surface area contributed by atoms with Gasteiger partial charge in [-0.2, -0.15) is 0 Å². The van der Waals surface area contributed by atoms with Gasteiger partial charge < -0.3 is 25.6 Å². The molecule has 1 aromatic rings. The Hall–Kier alpha value is -2.70. The Morgan fingerprint density at radius 1 is 1.15 bits per heavy atom. The van der Waals surface area contributed by atoms with E-state index in [1.165, 1.54) is 18.2 Å². The summed E-state index contributed by atoms with van der Waals surface area (Å²) in [6, 6.07) is 3.57. The number of phenolic OH excluding ortho intramolecular Hbond substituents is 2. The third-order valence-corrected chi connectivity index (χ3v) is 2.18. The molecule has 2 amide bonds. The van der Waals surface area contributed by atoms with Crippen molar-refractivity contribution in [2.75, 3.05) is 19.7 Å². The lowest BCUT2D eigenvalue weighted by atomic mass is 10.2. The van der Waals surface area contributed by atoms with Crippen LogP contribution in [0.3, 0.4) is 0 Å². The Labute approximate surface area is 115 Å². The van der Waals surface area contributed by atoms with Gasteiger partial charge in [-0.3, -0.25) is 4.79 Å². The van der Waals surface area contributed by atoms with Crippen molar-refractivity contribution in [2.45, 2.75) is 0 Å². The largest absolute Gasteiger partial charge is 0.508 e. The van der Waals surface area contributed by atoms with Gasteiger partial charge in [-0.1, -0.05) is 12.7 Å². The van der Waals surface area contributed by atoms with Gasteiger partial charge in [0.1, 0.15) is 18.1 Å². The molecule has 7 heteroatoms. The number of phenols is 2. The van der Waals surface area contributed by atoms with Crippen LogP contribution in [0, 0.1) is 0 Å². The minimum Gasteiger partial charge on any atom is -0.508 e. The van der Waals surface area contributed by atoms with Gasteiger partial charge in [0.25, 0.3) is 5.91 Å². The van der Waals surface area contributed by atoms with Crippen LogP contribution >= 0.6 is 0 Å². The lowest BCUT2D eigenvalue weighted by molar-refractivity contribution is 0.0951. The van der Waals surface area contributed by atoms with E-state index in [0.29, 0.717) is 0 Å².